The fourth-order valence-electron chi connectivity index (χ4n) is 0.673. The van der Waals surface area contributed by atoms with Crippen molar-refractivity contribution in [1.82, 2.24) is 4.98 Å². The van der Waals surface area contributed by atoms with Gasteiger partial charge in [0.25, 0.3) is 0 Å². The third-order valence-electron chi connectivity index (χ3n) is 1.18. The molecule has 0 fully saturated rings. The topological polar surface area (TPSA) is 12.9 Å². The minimum absolute atomic E-state index is 0.508. The van der Waals surface area contributed by atoms with E-state index in [4.69, 9.17) is 0 Å². The van der Waals surface area contributed by atoms with E-state index < -0.39 is 0 Å². The van der Waals surface area contributed by atoms with Crippen molar-refractivity contribution in [2.45, 2.75) is 11.8 Å². The van der Waals surface area contributed by atoms with E-state index in [9.17, 15) is 0 Å². The highest BCUT2D eigenvalue weighted by atomic mass is 32.2. The van der Waals surface area contributed by atoms with E-state index in [1.807, 2.05) is 36.3 Å². The molecule has 1 aromatic rings. The number of thioether (sulfide) groups is 1. The third kappa shape index (κ3) is 3.42. The maximum Gasteiger partial charge on any atom is 0.0278 e. The van der Waals surface area contributed by atoms with Crippen LogP contribution < -0.4 is 0 Å². The standard InChI is InChI=1S/C9H12NS/c1-8(2)7-11-9-3-5-10-6-4-9/h3-6,8H,1,7H2,2H3. The summed E-state index contributed by atoms with van der Waals surface area (Å²) in [5, 5.41) is 0. The molecule has 1 radical (unpaired) electrons. The van der Waals surface area contributed by atoms with Gasteiger partial charge in [0.15, 0.2) is 0 Å². The molecule has 59 valence electrons. The quantitative estimate of drug-likeness (QED) is 0.640. The highest BCUT2D eigenvalue weighted by molar-refractivity contribution is 7.99. The minimum atomic E-state index is 0.508. The highest BCUT2D eigenvalue weighted by Crippen LogP contribution is 2.18. The Morgan fingerprint density at radius 1 is 1.55 bits per heavy atom. The van der Waals surface area contributed by atoms with E-state index in [1.54, 1.807) is 0 Å². The van der Waals surface area contributed by atoms with Gasteiger partial charge in [-0.05, 0) is 25.0 Å². The first-order chi connectivity index (χ1) is 5.29. The summed E-state index contributed by atoms with van der Waals surface area (Å²) in [6.45, 7) is 6.04. The number of nitrogens with zero attached hydrogens (tertiary/aromatic N) is 1. The first-order valence-corrected chi connectivity index (χ1v) is 4.63. The van der Waals surface area contributed by atoms with Crippen molar-refractivity contribution < 1.29 is 0 Å². The largest absolute Gasteiger partial charge is 0.265 e. The van der Waals surface area contributed by atoms with E-state index in [2.05, 4.69) is 18.8 Å². The van der Waals surface area contributed by atoms with E-state index in [1.165, 1.54) is 4.90 Å². The maximum atomic E-state index is 3.94. The first kappa shape index (κ1) is 8.60. The summed E-state index contributed by atoms with van der Waals surface area (Å²) >= 11 is 1.83. The number of hydrogen-bond donors (Lipinski definition) is 0. The lowest BCUT2D eigenvalue weighted by Gasteiger charge is -2.02. The Kier molecular flexibility index (Phi) is 3.43. The fourth-order valence-corrected chi connectivity index (χ4v) is 1.46. The van der Waals surface area contributed by atoms with Gasteiger partial charge in [-0.3, -0.25) is 4.98 Å². The normalized spacial score (nSPS) is 10.5. The van der Waals surface area contributed by atoms with Crippen LogP contribution in [0.1, 0.15) is 6.92 Å². The van der Waals surface area contributed by atoms with Crippen LogP contribution in [-0.2, 0) is 0 Å². The molecule has 0 spiro atoms. The van der Waals surface area contributed by atoms with Gasteiger partial charge in [0, 0.05) is 23.0 Å². The summed E-state index contributed by atoms with van der Waals surface area (Å²) in [5.41, 5.74) is 0. The molecule has 0 saturated heterocycles. The third-order valence-corrected chi connectivity index (χ3v) is 2.53. The van der Waals surface area contributed by atoms with Crippen molar-refractivity contribution in [3.05, 3.63) is 31.5 Å². The van der Waals surface area contributed by atoms with Crippen LogP contribution >= 0.6 is 11.8 Å². The summed E-state index contributed by atoms with van der Waals surface area (Å²) in [4.78, 5) is 5.22. The lowest BCUT2D eigenvalue weighted by atomic mass is 10.3. The Bertz CT molecular complexity index is 196. The van der Waals surface area contributed by atoms with Crippen LogP contribution in [0.4, 0.5) is 0 Å². The number of aromatic nitrogens is 1. The molecule has 11 heavy (non-hydrogen) atoms. The van der Waals surface area contributed by atoms with Gasteiger partial charge in [-0.25, -0.2) is 0 Å². The van der Waals surface area contributed by atoms with Crippen molar-refractivity contribution in [2.24, 2.45) is 5.92 Å². The van der Waals surface area contributed by atoms with Gasteiger partial charge < -0.3 is 0 Å². The molecule has 0 aromatic carbocycles. The molecular weight excluding hydrogens is 154 g/mol. The summed E-state index contributed by atoms with van der Waals surface area (Å²) in [5.74, 6) is 1.58. The Morgan fingerprint density at radius 2 is 2.18 bits per heavy atom. The van der Waals surface area contributed by atoms with Gasteiger partial charge in [-0.1, -0.05) is 6.92 Å². The van der Waals surface area contributed by atoms with Gasteiger partial charge in [0.2, 0.25) is 0 Å². The van der Waals surface area contributed by atoms with E-state index in [-0.39, 0.29) is 0 Å². The Labute approximate surface area is 72.2 Å². The zero-order valence-electron chi connectivity index (χ0n) is 6.66. The number of hydrogen-bond acceptors (Lipinski definition) is 2. The smallest absolute Gasteiger partial charge is 0.0278 e. The lowest BCUT2D eigenvalue weighted by molar-refractivity contribution is 0.842. The molecule has 1 rings (SSSR count). The van der Waals surface area contributed by atoms with Gasteiger partial charge in [-0.15, -0.1) is 11.8 Å². The Morgan fingerprint density at radius 3 is 2.73 bits per heavy atom. The average Bonchev–Trinajstić information content (AvgIpc) is 2.03. The van der Waals surface area contributed by atoms with E-state index in [0.717, 1.165) is 5.75 Å². The molecule has 0 bridgehead atoms. The van der Waals surface area contributed by atoms with Crippen molar-refractivity contribution >= 4 is 11.8 Å². The van der Waals surface area contributed by atoms with Crippen LogP contribution in [0.5, 0.6) is 0 Å². The molecular formula is C9H12NS. The SMILES string of the molecule is [CH2]C(C)CSc1ccncc1. The molecule has 0 aliphatic carbocycles. The number of rotatable bonds is 3. The van der Waals surface area contributed by atoms with Crippen LogP contribution in [0.3, 0.4) is 0 Å². The molecule has 0 amide bonds. The molecule has 0 aliphatic heterocycles. The Balaban J connectivity index is 2.39. The predicted octanol–water partition coefficient (Wildman–Crippen LogP) is 2.64. The first-order valence-electron chi connectivity index (χ1n) is 3.65. The summed E-state index contributed by atoms with van der Waals surface area (Å²) in [6, 6.07) is 4.04. The monoisotopic (exact) mass is 166 g/mol. The minimum Gasteiger partial charge on any atom is -0.265 e. The zero-order valence-corrected chi connectivity index (χ0v) is 7.47. The average molecular weight is 166 g/mol. The highest BCUT2D eigenvalue weighted by Gasteiger charge is 1.95. The molecule has 0 saturated carbocycles. The van der Waals surface area contributed by atoms with Gasteiger partial charge in [0.05, 0.1) is 0 Å². The molecule has 1 aromatic heterocycles. The summed E-state index contributed by atoms with van der Waals surface area (Å²) < 4.78 is 0. The molecule has 0 N–H and O–H groups in total. The second kappa shape index (κ2) is 4.39. The molecule has 1 heterocycles. The van der Waals surface area contributed by atoms with Gasteiger partial charge in [-0.2, -0.15) is 0 Å². The van der Waals surface area contributed by atoms with E-state index in [0.29, 0.717) is 5.92 Å². The molecule has 1 atom stereocenters. The molecule has 2 heteroatoms. The second-order valence-corrected chi connectivity index (χ2v) is 3.69. The predicted molar refractivity (Wildman–Crippen MR) is 49.5 cm³/mol. The van der Waals surface area contributed by atoms with E-state index >= 15 is 0 Å². The van der Waals surface area contributed by atoms with Gasteiger partial charge >= 0.3 is 0 Å². The second-order valence-electron chi connectivity index (χ2n) is 2.60. The van der Waals surface area contributed by atoms with Crippen molar-refractivity contribution in [2.75, 3.05) is 5.75 Å². The van der Waals surface area contributed by atoms with Gasteiger partial charge in [0.1, 0.15) is 0 Å². The molecule has 1 unspecified atom stereocenters. The van der Waals surface area contributed by atoms with Crippen LogP contribution in [0, 0.1) is 12.8 Å². The van der Waals surface area contributed by atoms with Crippen LogP contribution in [-0.4, -0.2) is 10.7 Å². The summed E-state index contributed by atoms with van der Waals surface area (Å²) in [7, 11) is 0. The zero-order chi connectivity index (χ0) is 8.10. The summed E-state index contributed by atoms with van der Waals surface area (Å²) in [6.07, 6.45) is 3.63. The molecule has 1 nitrogen and oxygen atoms in total. The lowest BCUT2D eigenvalue weighted by Crippen LogP contribution is -1.90. The van der Waals surface area contributed by atoms with Crippen LogP contribution in [0.25, 0.3) is 0 Å². The maximum absolute atomic E-state index is 3.94. The van der Waals surface area contributed by atoms with Crippen LogP contribution in [0.15, 0.2) is 29.4 Å². The van der Waals surface area contributed by atoms with Crippen molar-refractivity contribution in [3.8, 4) is 0 Å². The van der Waals surface area contributed by atoms with Crippen LogP contribution in [0.2, 0.25) is 0 Å². The van der Waals surface area contributed by atoms with Crippen molar-refractivity contribution in [3.63, 3.8) is 0 Å². The molecule has 0 aliphatic rings. The number of pyridine rings is 1. The Hall–Kier alpha value is -0.500. The van der Waals surface area contributed by atoms with Crippen molar-refractivity contribution in [1.29, 1.82) is 0 Å². The fraction of sp³-hybridized carbons (Fsp3) is 0.333.